The molecule has 100 valence electrons. The SMILES string of the molecule is O=[N+]([O-])c1ccc2[nH]nc(-c3ccc(O)c(F)c3)c2c1. The lowest BCUT2D eigenvalue weighted by Crippen LogP contribution is -1.87. The molecule has 20 heavy (non-hydrogen) atoms. The third-order valence-electron chi connectivity index (χ3n) is 2.98. The molecule has 2 aromatic carbocycles. The first kappa shape index (κ1) is 12.1. The zero-order chi connectivity index (χ0) is 14.3. The molecule has 6 nitrogen and oxygen atoms in total. The first-order chi connectivity index (χ1) is 9.56. The second-order valence-electron chi connectivity index (χ2n) is 4.23. The van der Waals surface area contributed by atoms with Gasteiger partial charge in [0.25, 0.3) is 5.69 Å². The minimum absolute atomic E-state index is 0.0700. The Morgan fingerprint density at radius 2 is 2.05 bits per heavy atom. The van der Waals surface area contributed by atoms with Crippen LogP contribution < -0.4 is 0 Å². The van der Waals surface area contributed by atoms with Gasteiger partial charge in [-0.3, -0.25) is 15.2 Å². The van der Waals surface area contributed by atoms with E-state index in [0.29, 0.717) is 22.2 Å². The smallest absolute Gasteiger partial charge is 0.270 e. The van der Waals surface area contributed by atoms with Crippen molar-refractivity contribution >= 4 is 16.6 Å². The number of nitro benzene ring substituents is 1. The lowest BCUT2D eigenvalue weighted by atomic mass is 10.1. The van der Waals surface area contributed by atoms with Crippen molar-refractivity contribution in [3.63, 3.8) is 0 Å². The number of nitrogens with zero attached hydrogens (tertiary/aromatic N) is 2. The Labute approximate surface area is 111 Å². The van der Waals surface area contributed by atoms with Crippen molar-refractivity contribution in [1.29, 1.82) is 0 Å². The number of nitro groups is 1. The molecule has 3 rings (SSSR count). The summed E-state index contributed by atoms with van der Waals surface area (Å²) in [4.78, 5) is 10.3. The Morgan fingerprint density at radius 1 is 1.25 bits per heavy atom. The lowest BCUT2D eigenvalue weighted by Gasteiger charge is -2.00. The van der Waals surface area contributed by atoms with E-state index in [0.717, 1.165) is 6.07 Å². The van der Waals surface area contributed by atoms with Crippen molar-refractivity contribution in [2.75, 3.05) is 0 Å². The van der Waals surface area contributed by atoms with Gasteiger partial charge < -0.3 is 5.11 Å². The van der Waals surface area contributed by atoms with Crippen molar-refractivity contribution in [3.05, 3.63) is 52.3 Å². The number of aromatic hydroxyl groups is 1. The summed E-state index contributed by atoms with van der Waals surface area (Å²) in [7, 11) is 0. The molecular weight excluding hydrogens is 265 g/mol. The minimum atomic E-state index is -0.774. The fourth-order valence-electron chi connectivity index (χ4n) is 1.99. The summed E-state index contributed by atoms with van der Waals surface area (Å²) >= 11 is 0. The van der Waals surface area contributed by atoms with E-state index in [9.17, 15) is 19.6 Å². The van der Waals surface area contributed by atoms with Crippen LogP contribution in [0.5, 0.6) is 5.75 Å². The van der Waals surface area contributed by atoms with Crippen LogP contribution in [0.1, 0.15) is 0 Å². The standard InChI is InChI=1S/C13H8FN3O3/c14-10-5-7(1-4-12(10)18)13-9-6-8(17(19)20)2-3-11(9)15-16-13/h1-6,18H,(H,15,16). The van der Waals surface area contributed by atoms with Crippen molar-refractivity contribution in [1.82, 2.24) is 10.2 Å². The molecule has 0 aliphatic carbocycles. The number of fused-ring (bicyclic) bond motifs is 1. The van der Waals surface area contributed by atoms with Gasteiger partial charge >= 0.3 is 0 Å². The van der Waals surface area contributed by atoms with Gasteiger partial charge in [-0.15, -0.1) is 0 Å². The van der Waals surface area contributed by atoms with E-state index < -0.39 is 16.5 Å². The Hall–Kier alpha value is -2.96. The maximum Gasteiger partial charge on any atom is 0.270 e. The van der Waals surface area contributed by atoms with Crippen LogP contribution >= 0.6 is 0 Å². The summed E-state index contributed by atoms with van der Waals surface area (Å²) in [6, 6.07) is 8.11. The Morgan fingerprint density at radius 3 is 2.75 bits per heavy atom. The van der Waals surface area contributed by atoms with Crippen molar-refractivity contribution in [2.24, 2.45) is 0 Å². The number of phenols is 1. The predicted octanol–water partition coefficient (Wildman–Crippen LogP) is 2.98. The molecule has 0 aliphatic rings. The molecule has 0 amide bonds. The van der Waals surface area contributed by atoms with Gasteiger partial charge in [0.15, 0.2) is 11.6 Å². The maximum atomic E-state index is 13.4. The van der Waals surface area contributed by atoms with E-state index in [1.54, 1.807) is 6.07 Å². The zero-order valence-electron chi connectivity index (χ0n) is 10.0. The van der Waals surface area contributed by atoms with Crippen LogP contribution in [0, 0.1) is 15.9 Å². The van der Waals surface area contributed by atoms with Gasteiger partial charge in [-0.25, -0.2) is 4.39 Å². The van der Waals surface area contributed by atoms with Crippen LogP contribution in [0.15, 0.2) is 36.4 Å². The number of H-pyrrole nitrogens is 1. The molecule has 0 fully saturated rings. The molecular formula is C13H8FN3O3. The molecule has 0 spiro atoms. The average Bonchev–Trinajstić information content (AvgIpc) is 2.84. The summed E-state index contributed by atoms with van der Waals surface area (Å²) in [5, 5.41) is 27.3. The minimum Gasteiger partial charge on any atom is -0.505 e. The highest BCUT2D eigenvalue weighted by Gasteiger charge is 2.14. The monoisotopic (exact) mass is 273 g/mol. The third-order valence-corrected chi connectivity index (χ3v) is 2.98. The van der Waals surface area contributed by atoms with E-state index in [-0.39, 0.29) is 5.69 Å². The largest absolute Gasteiger partial charge is 0.505 e. The topological polar surface area (TPSA) is 92.0 Å². The summed E-state index contributed by atoms with van der Waals surface area (Å²) < 4.78 is 13.4. The van der Waals surface area contributed by atoms with E-state index in [1.165, 1.54) is 24.3 Å². The highest BCUT2D eigenvalue weighted by atomic mass is 19.1. The quantitative estimate of drug-likeness (QED) is 0.554. The van der Waals surface area contributed by atoms with Crippen molar-refractivity contribution < 1.29 is 14.4 Å². The summed E-state index contributed by atoms with van der Waals surface area (Å²) in [6.45, 7) is 0. The van der Waals surface area contributed by atoms with Gasteiger partial charge in [0.1, 0.15) is 5.69 Å². The first-order valence-corrected chi connectivity index (χ1v) is 5.67. The maximum absolute atomic E-state index is 13.4. The van der Waals surface area contributed by atoms with Crippen molar-refractivity contribution in [3.8, 4) is 17.0 Å². The highest BCUT2D eigenvalue weighted by Crippen LogP contribution is 2.31. The Bertz CT molecular complexity index is 829. The Kier molecular flexibility index (Phi) is 2.60. The summed E-state index contributed by atoms with van der Waals surface area (Å²) in [6.07, 6.45) is 0. The average molecular weight is 273 g/mol. The van der Waals surface area contributed by atoms with Gasteiger partial charge in [0, 0.05) is 23.1 Å². The van der Waals surface area contributed by atoms with Crippen LogP contribution in [-0.2, 0) is 0 Å². The number of aromatic amines is 1. The van der Waals surface area contributed by atoms with E-state index in [4.69, 9.17) is 0 Å². The molecule has 0 radical (unpaired) electrons. The molecule has 0 saturated carbocycles. The number of non-ortho nitro benzene ring substituents is 1. The zero-order valence-corrected chi connectivity index (χ0v) is 10.0. The van der Waals surface area contributed by atoms with E-state index in [2.05, 4.69) is 10.2 Å². The molecule has 3 aromatic rings. The first-order valence-electron chi connectivity index (χ1n) is 5.67. The number of hydrogen-bond acceptors (Lipinski definition) is 4. The molecule has 0 saturated heterocycles. The normalized spacial score (nSPS) is 10.8. The summed E-state index contributed by atoms with van der Waals surface area (Å²) in [5.41, 5.74) is 1.35. The molecule has 0 atom stereocenters. The second kappa shape index (κ2) is 4.30. The van der Waals surface area contributed by atoms with Crippen LogP contribution in [-0.4, -0.2) is 20.2 Å². The number of halogens is 1. The summed E-state index contributed by atoms with van der Waals surface area (Å²) in [5.74, 6) is -1.23. The van der Waals surface area contributed by atoms with Gasteiger partial charge in [0.2, 0.25) is 0 Å². The highest BCUT2D eigenvalue weighted by molar-refractivity contribution is 5.94. The van der Waals surface area contributed by atoms with Gasteiger partial charge in [-0.05, 0) is 24.3 Å². The van der Waals surface area contributed by atoms with Crippen LogP contribution in [0.25, 0.3) is 22.2 Å². The van der Waals surface area contributed by atoms with E-state index >= 15 is 0 Å². The fraction of sp³-hybridized carbons (Fsp3) is 0. The number of hydrogen-bond donors (Lipinski definition) is 2. The molecule has 7 heteroatoms. The molecule has 2 N–H and O–H groups in total. The molecule has 0 bridgehead atoms. The lowest BCUT2D eigenvalue weighted by molar-refractivity contribution is -0.384. The molecule has 1 heterocycles. The van der Waals surface area contributed by atoms with Crippen molar-refractivity contribution in [2.45, 2.75) is 0 Å². The third kappa shape index (κ3) is 1.85. The Balaban J connectivity index is 2.22. The number of phenolic OH excluding ortho intramolecular Hbond substituents is 1. The van der Waals surface area contributed by atoms with E-state index in [1.807, 2.05) is 0 Å². The molecule has 0 unspecified atom stereocenters. The second-order valence-corrected chi connectivity index (χ2v) is 4.23. The predicted molar refractivity (Wildman–Crippen MR) is 69.8 cm³/mol. The molecule has 1 aromatic heterocycles. The number of benzene rings is 2. The number of aromatic nitrogens is 2. The van der Waals surface area contributed by atoms with Crippen LogP contribution in [0.2, 0.25) is 0 Å². The number of rotatable bonds is 2. The van der Waals surface area contributed by atoms with Crippen LogP contribution in [0.4, 0.5) is 10.1 Å². The van der Waals surface area contributed by atoms with Gasteiger partial charge in [-0.2, -0.15) is 5.10 Å². The van der Waals surface area contributed by atoms with Gasteiger partial charge in [-0.1, -0.05) is 0 Å². The van der Waals surface area contributed by atoms with Crippen LogP contribution in [0.3, 0.4) is 0 Å². The fourth-order valence-corrected chi connectivity index (χ4v) is 1.99. The number of nitrogens with one attached hydrogen (secondary N) is 1. The molecule has 0 aliphatic heterocycles. The van der Waals surface area contributed by atoms with Gasteiger partial charge in [0.05, 0.1) is 10.4 Å².